The molecule has 0 saturated carbocycles. The molecule has 0 aliphatic carbocycles. The number of aliphatic hydroxyl groups is 1. The van der Waals surface area contributed by atoms with E-state index in [9.17, 15) is 13.5 Å². The number of nitrogens with two attached hydrogens (primary N) is 1. The van der Waals surface area contributed by atoms with E-state index in [4.69, 9.17) is 5.73 Å². The summed E-state index contributed by atoms with van der Waals surface area (Å²) in [7, 11) is -3.00. The van der Waals surface area contributed by atoms with Crippen LogP contribution in [0.25, 0.3) is 0 Å². The van der Waals surface area contributed by atoms with Gasteiger partial charge in [0.1, 0.15) is 0 Å². The van der Waals surface area contributed by atoms with E-state index in [-0.39, 0.29) is 24.5 Å². The van der Waals surface area contributed by atoms with Crippen molar-refractivity contribution in [2.75, 3.05) is 18.1 Å². The van der Waals surface area contributed by atoms with Crippen LogP contribution in [0.4, 0.5) is 0 Å². The Morgan fingerprint density at radius 3 is 2.40 bits per heavy atom. The van der Waals surface area contributed by atoms with Crippen LogP contribution in [0.1, 0.15) is 6.42 Å². The molecule has 5 heteroatoms. The van der Waals surface area contributed by atoms with Crippen LogP contribution in [0.5, 0.6) is 0 Å². The maximum Gasteiger partial charge on any atom is 0.153 e. The molecule has 1 aliphatic heterocycles. The van der Waals surface area contributed by atoms with E-state index in [0.717, 1.165) is 0 Å². The molecule has 3 N–H and O–H groups in total. The minimum atomic E-state index is -3.00. The highest BCUT2D eigenvalue weighted by atomic mass is 32.2. The second kappa shape index (κ2) is 2.18. The molecule has 0 spiro atoms. The summed E-state index contributed by atoms with van der Waals surface area (Å²) in [4.78, 5) is 0. The summed E-state index contributed by atoms with van der Waals surface area (Å²) in [6.45, 7) is 0.0340. The van der Waals surface area contributed by atoms with Gasteiger partial charge in [-0.25, -0.2) is 8.42 Å². The van der Waals surface area contributed by atoms with Gasteiger partial charge in [-0.3, -0.25) is 0 Å². The molecular weight excluding hydrogens is 154 g/mol. The minimum Gasteiger partial charge on any atom is -0.387 e. The van der Waals surface area contributed by atoms with Crippen molar-refractivity contribution in [3.8, 4) is 0 Å². The summed E-state index contributed by atoms with van der Waals surface area (Å²) in [6.07, 6.45) is 0.284. The standard InChI is InChI=1S/C5H11NO3S/c6-3-5(7)1-2-10(8,9)4-5/h7H,1-4,6H2/t5-/m0/s1. The SMILES string of the molecule is NC[C@@]1(O)CCS(=O)(=O)C1. The molecule has 4 nitrogen and oxygen atoms in total. The van der Waals surface area contributed by atoms with Crippen LogP contribution in [-0.2, 0) is 9.84 Å². The maximum absolute atomic E-state index is 10.8. The van der Waals surface area contributed by atoms with Crippen LogP contribution >= 0.6 is 0 Å². The molecule has 60 valence electrons. The predicted molar refractivity (Wildman–Crippen MR) is 37.3 cm³/mol. The molecule has 0 bridgehead atoms. The molecule has 0 unspecified atom stereocenters. The smallest absolute Gasteiger partial charge is 0.153 e. The molecule has 1 rings (SSSR count). The molecule has 10 heavy (non-hydrogen) atoms. The van der Waals surface area contributed by atoms with Crippen LogP contribution in [-0.4, -0.2) is 37.2 Å². The average Bonchev–Trinajstić information content (AvgIpc) is 2.08. The van der Waals surface area contributed by atoms with Gasteiger partial charge in [-0.2, -0.15) is 0 Å². The summed E-state index contributed by atoms with van der Waals surface area (Å²) in [6, 6.07) is 0. The zero-order valence-electron chi connectivity index (χ0n) is 5.58. The van der Waals surface area contributed by atoms with E-state index in [1.54, 1.807) is 0 Å². The minimum absolute atomic E-state index is 0.0340. The Morgan fingerprint density at radius 2 is 2.20 bits per heavy atom. The first kappa shape index (κ1) is 7.97. The molecule has 1 saturated heterocycles. The Labute approximate surface area is 60.0 Å². The molecule has 0 aromatic rings. The zero-order valence-corrected chi connectivity index (χ0v) is 6.39. The van der Waals surface area contributed by atoms with Crippen LogP contribution < -0.4 is 5.73 Å². The highest BCUT2D eigenvalue weighted by Gasteiger charge is 2.39. The van der Waals surface area contributed by atoms with Crippen LogP contribution in [0, 0.1) is 0 Å². The van der Waals surface area contributed by atoms with E-state index < -0.39 is 15.4 Å². The van der Waals surface area contributed by atoms with Crippen molar-refractivity contribution in [1.82, 2.24) is 0 Å². The lowest BCUT2D eigenvalue weighted by Crippen LogP contribution is -2.38. The van der Waals surface area contributed by atoms with E-state index in [1.165, 1.54) is 0 Å². The van der Waals surface area contributed by atoms with E-state index in [0.29, 0.717) is 0 Å². The normalized spacial score (nSPS) is 38.2. The fraction of sp³-hybridized carbons (Fsp3) is 1.00. The third kappa shape index (κ3) is 1.47. The highest BCUT2D eigenvalue weighted by molar-refractivity contribution is 7.91. The number of hydrogen-bond donors (Lipinski definition) is 2. The van der Waals surface area contributed by atoms with Crippen molar-refractivity contribution >= 4 is 9.84 Å². The van der Waals surface area contributed by atoms with Crippen molar-refractivity contribution in [1.29, 1.82) is 0 Å². The highest BCUT2D eigenvalue weighted by Crippen LogP contribution is 2.21. The Hall–Kier alpha value is -0.130. The lowest BCUT2D eigenvalue weighted by molar-refractivity contribution is 0.0770. The van der Waals surface area contributed by atoms with Gasteiger partial charge in [-0.1, -0.05) is 0 Å². The van der Waals surface area contributed by atoms with Crippen molar-refractivity contribution in [2.24, 2.45) is 5.73 Å². The van der Waals surface area contributed by atoms with Gasteiger partial charge in [0, 0.05) is 6.54 Å². The number of hydrogen-bond acceptors (Lipinski definition) is 4. The molecule has 1 aliphatic rings. The Balaban J connectivity index is 2.76. The van der Waals surface area contributed by atoms with E-state index >= 15 is 0 Å². The Morgan fingerprint density at radius 1 is 1.60 bits per heavy atom. The van der Waals surface area contributed by atoms with Gasteiger partial charge in [-0.15, -0.1) is 0 Å². The van der Waals surface area contributed by atoms with Crippen LogP contribution in [0.3, 0.4) is 0 Å². The quantitative estimate of drug-likeness (QED) is 0.495. The average molecular weight is 165 g/mol. The fourth-order valence-electron chi connectivity index (χ4n) is 1.06. The fourth-order valence-corrected chi connectivity index (χ4v) is 2.98. The van der Waals surface area contributed by atoms with Gasteiger partial charge in [0.2, 0.25) is 0 Å². The van der Waals surface area contributed by atoms with Gasteiger partial charge >= 0.3 is 0 Å². The third-order valence-electron chi connectivity index (χ3n) is 1.75. The summed E-state index contributed by atoms with van der Waals surface area (Å²) in [5, 5.41) is 9.33. The van der Waals surface area contributed by atoms with Gasteiger partial charge in [-0.05, 0) is 6.42 Å². The lowest BCUT2D eigenvalue weighted by atomic mass is 10.1. The summed E-state index contributed by atoms with van der Waals surface area (Å²) >= 11 is 0. The molecule has 0 radical (unpaired) electrons. The van der Waals surface area contributed by atoms with Gasteiger partial charge in [0.05, 0.1) is 17.1 Å². The van der Waals surface area contributed by atoms with Gasteiger partial charge < -0.3 is 10.8 Å². The molecule has 1 fully saturated rings. The molecular formula is C5H11NO3S. The molecule has 1 heterocycles. The first-order valence-corrected chi connectivity index (χ1v) is 4.92. The first-order chi connectivity index (χ1) is 4.47. The predicted octanol–water partition coefficient (Wildman–Crippen LogP) is -1.51. The molecule has 0 amide bonds. The van der Waals surface area contributed by atoms with E-state index in [2.05, 4.69) is 0 Å². The largest absolute Gasteiger partial charge is 0.387 e. The topological polar surface area (TPSA) is 80.4 Å². The first-order valence-electron chi connectivity index (χ1n) is 3.10. The van der Waals surface area contributed by atoms with Crippen molar-refractivity contribution in [3.63, 3.8) is 0 Å². The van der Waals surface area contributed by atoms with Gasteiger partial charge in [0.15, 0.2) is 9.84 Å². The second-order valence-corrected chi connectivity index (χ2v) is 4.95. The number of sulfone groups is 1. The van der Waals surface area contributed by atoms with Crippen molar-refractivity contribution in [2.45, 2.75) is 12.0 Å². The van der Waals surface area contributed by atoms with Gasteiger partial charge in [0.25, 0.3) is 0 Å². The van der Waals surface area contributed by atoms with Crippen LogP contribution in [0.15, 0.2) is 0 Å². The van der Waals surface area contributed by atoms with Crippen molar-refractivity contribution < 1.29 is 13.5 Å². The second-order valence-electron chi connectivity index (χ2n) is 2.77. The Kier molecular flexibility index (Phi) is 1.74. The van der Waals surface area contributed by atoms with E-state index in [1.807, 2.05) is 0 Å². The summed E-state index contributed by atoms with van der Waals surface area (Å²) in [5.41, 5.74) is 4.03. The van der Waals surface area contributed by atoms with Crippen LogP contribution in [0.2, 0.25) is 0 Å². The molecule has 0 aromatic heterocycles. The zero-order chi connectivity index (χ0) is 7.83. The maximum atomic E-state index is 10.8. The molecule has 1 atom stereocenters. The third-order valence-corrected chi connectivity index (χ3v) is 3.55. The van der Waals surface area contributed by atoms with Crippen molar-refractivity contribution in [3.05, 3.63) is 0 Å². The summed E-state index contributed by atoms with van der Waals surface area (Å²) in [5.74, 6) is -0.100. The number of rotatable bonds is 1. The monoisotopic (exact) mass is 165 g/mol. The summed E-state index contributed by atoms with van der Waals surface area (Å²) < 4.78 is 21.6. The Bertz CT molecular complexity index is 223. The molecule has 0 aromatic carbocycles. The lowest BCUT2D eigenvalue weighted by Gasteiger charge is -2.16.